The average molecular weight is 209 g/mol. The first-order chi connectivity index (χ1) is 7.27. The standard InChI is InChI=1S/C11H19N3O/c1-3-4-7-14(8-9-15)11-12-6-5-10(2)13-11/h5-6,15H,3-4,7-9H2,1-2H3. The SMILES string of the molecule is CCCCN(CCO)c1nccc(C)n1. The summed E-state index contributed by atoms with van der Waals surface area (Å²) in [6.45, 7) is 5.74. The molecule has 0 atom stereocenters. The minimum atomic E-state index is 0.140. The highest BCUT2D eigenvalue weighted by molar-refractivity contribution is 5.29. The number of nitrogens with zero attached hydrogens (tertiary/aromatic N) is 3. The molecular formula is C11H19N3O. The van der Waals surface area contributed by atoms with Crippen LogP contribution in [0, 0.1) is 6.92 Å². The summed E-state index contributed by atoms with van der Waals surface area (Å²) < 4.78 is 0. The molecule has 1 rings (SSSR count). The Balaban J connectivity index is 2.69. The van der Waals surface area contributed by atoms with Crippen molar-refractivity contribution in [2.45, 2.75) is 26.7 Å². The number of hydrogen-bond acceptors (Lipinski definition) is 4. The Morgan fingerprint density at radius 3 is 2.80 bits per heavy atom. The van der Waals surface area contributed by atoms with Gasteiger partial charge in [0, 0.05) is 25.0 Å². The van der Waals surface area contributed by atoms with Crippen molar-refractivity contribution in [2.75, 3.05) is 24.6 Å². The third kappa shape index (κ3) is 3.83. The maximum absolute atomic E-state index is 8.97. The maximum atomic E-state index is 8.97. The second-order valence-corrected chi connectivity index (χ2v) is 3.56. The van der Waals surface area contributed by atoms with Crippen LogP contribution in [-0.2, 0) is 0 Å². The van der Waals surface area contributed by atoms with Gasteiger partial charge in [-0.15, -0.1) is 0 Å². The van der Waals surface area contributed by atoms with Crippen LogP contribution in [0.2, 0.25) is 0 Å². The molecule has 4 nitrogen and oxygen atoms in total. The Morgan fingerprint density at radius 2 is 2.20 bits per heavy atom. The van der Waals surface area contributed by atoms with Crippen LogP contribution in [0.1, 0.15) is 25.5 Å². The number of anilines is 1. The Bertz CT molecular complexity index is 291. The van der Waals surface area contributed by atoms with E-state index in [1.54, 1.807) is 6.20 Å². The Morgan fingerprint density at radius 1 is 1.40 bits per heavy atom. The number of aliphatic hydroxyl groups is 1. The van der Waals surface area contributed by atoms with Crippen LogP contribution >= 0.6 is 0 Å². The summed E-state index contributed by atoms with van der Waals surface area (Å²) in [5.41, 5.74) is 0.958. The van der Waals surface area contributed by atoms with Gasteiger partial charge in [-0.3, -0.25) is 0 Å². The second-order valence-electron chi connectivity index (χ2n) is 3.56. The summed E-state index contributed by atoms with van der Waals surface area (Å²) in [4.78, 5) is 10.6. The largest absolute Gasteiger partial charge is 0.395 e. The molecule has 0 radical (unpaired) electrons. The molecule has 0 unspecified atom stereocenters. The molecule has 15 heavy (non-hydrogen) atoms. The summed E-state index contributed by atoms with van der Waals surface area (Å²) in [5, 5.41) is 8.97. The van der Waals surface area contributed by atoms with E-state index in [2.05, 4.69) is 16.9 Å². The number of aromatic nitrogens is 2. The van der Waals surface area contributed by atoms with Crippen molar-refractivity contribution >= 4 is 5.95 Å². The molecule has 0 spiro atoms. The fourth-order valence-electron chi connectivity index (χ4n) is 1.37. The predicted octanol–water partition coefficient (Wildman–Crippen LogP) is 1.38. The van der Waals surface area contributed by atoms with E-state index < -0.39 is 0 Å². The van der Waals surface area contributed by atoms with E-state index in [0.717, 1.165) is 31.0 Å². The summed E-state index contributed by atoms with van der Waals surface area (Å²) >= 11 is 0. The Labute approximate surface area is 91.0 Å². The van der Waals surface area contributed by atoms with Gasteiger partial charge in [0.1, 0.15) is 0 Å². The number of aryl methyl sites for hydroxylation is 1. The van der Waals surface area contributed by atoms with Gasteiger partial charge in [-0.25, -0.2) is 9.97 Å². The molecular weight excluding hydrogens is 190 g/mol. The molecule has 4 heteroatoms. The molecule has 1 heterocycles. The molecule has 0 aromatic carbocycles. The molecule has 0 aliphatic rings. The van der Waals surface area contributed by atoms with E-state index in [9.17, 15) is 0 Å². The third-order valence-corrected chi connectivity index (χ3v) is 2.22. The topological polar surface area (TPSA) is 49.2 Å². The lowest BCUT2D eigenvalue weighted by molar-refractivity contribution is 0.301. The van der Waals surface area contributed by atoms with Crippen molar-refractivity contribution in [1.29, 1.82) is 0 Å². The van der Waals surface area contributed by atoms with Gasteiger partial charge in [0.05, 0.1) is 6.61 Å². The summed E-state index contributed by atoms with van der Waals surface area (Å²) in [6, 6.07) is 1.88. The fourth-order valence-corrected chi connectivity index (χ4v) is 1.37. The van der Waals surface area contributed by atoms with Crippen molar-refractivity contribution < 1.29 is 5.11 Å². The molecule has 0 saturated heterocycles. The van der Waals surface area contributed by atoms with Gasteiger partial charge in [0.2, 0.25) is 5.95 Å². The Hall–Kier alpha value is -1.16. The highest BCUT2D eigenvalue weighted by Crippen LogP contribution is 2.08. The first-order valence-corrected chi connectivity index (χ1v) is 5.43. The normalized spacial score (nSPS) is 10.3. The van der Waals surface area contributed by atoms with E-state index in [-0.39, 0.29) is 6.61 Å². The minimum Gasteiger partial charge on any atom is -0.395 e. The molecule has 0 aliphatic heterocycles. The van der Waals surface area contributed by atoms with Crippen LogP contribution < -0.4 is 4.90 Å². The number of hydrogen-bond donors (Lipinski definition) is 1. The monoisotopic (exact) mass is 209 g/mol. The molecule has 0 aliphatic carbocycles. The molecule has 0 amide bonds. The smallest absolute Gasteiger partial charge is 0.225 e. The van der Waals surface area contributed by atoms with Gasteiger partial charge in [-0.2, -0.15) is 0 Å². The summed E-state index contributed by atoms with van der Waals surface area (Å²) in [6.07, 6.45) is 3.99. The molecule has 1 aromatic rings. The summed E-state index contributed by atoms with van der Waals surface area (Å²) in [5.74, 6) is 0.720. The number of aliphatic hydroxyl groups excluding tert-OH is 1. The quantitative estimate of drug-likeness (QED) is 0.769. The first kappa shape index (κ1) is 11.9. The Kier molecular flexibility index (Phi) is 5.04. The predicted molar refractivity (Wildman–Crippen MR) is 61.0 cm³/mol. The van der Waals surface area contributed by atoms with Gasteiger partial charge in [-0.1, -0.05) is 13.3 Å². The lowest BCUT2D eigenvalue weighted by Gasteiger charge is -2.21. The van der Waals surface area contributed by atoms with Crippen molar-refractivity contribution in [1.82, 2.24) is 9.97 Å². The first-order valence-electron chi connectivity index (χ1n) is 5.43. The van der Waals surface area contributed by atoms with E-state index in [4.69, 9.17) is 5.11 Å². The number of unbranched alkanes of at least 4 members (excludes halogenated alkanes) is 1. The lowest BCUT2D eigenvalue weighted by Crippen LogP contribution is -2.29. The van der Waals surface area contributed by atoms with Gasteiger partial charge in [0.15, 0.2) is 0 Å². The van der Waals surface area contributed by atoms with Gasteiger partial charge < -0.3 is 10.0 Å². The molecule has 1 aromatic heterocycles. The van der Waals surface area contributed by atoms with Crippen molar-refractivity contribution in [3.05, 3.63) is 18.0 Å². The summed E-state index contributed by atoms with van der Waals surface area (Å²) in [7, 11) is 0. The molecule has 0 saturated carbocycles. The van der Waals surface area contributed by atoms with Crippen LogP contribution in [0.4, 0.5) is 5.95 Å². The van der Waals surface area contributed by atoms with Crippen molar-refractivity contribution in [3.8, 4) is 0 Å². The van der Waals surface area contributed by atoms with Crippen LogP contribution in [0.5, 0.6) is 0 Å². The van der Waals surface area contributed by atoms with E-state index in [1.165, 1.54) is 0 Å². The fraction of sp³-hybridized carbons (Fsp3) is 0.636. The van der Waals surface area contributed by atoms with Crippen LogP contribution in [0.25, 0.3) is 0 Å². The molecule has 0 bridgehead atoms. The van der Waals surface area contributed by atoms with E-state index >= 15 is 0 Å². The highest BCUT2D eigenvalue weighted by Gasteiger charge is 2.07. The zero-order chi connectivity index (χ0) is 11.1. The van der Waals surface area contributed by atoms with E-state index in [0.29, 0.717) is 6.54 Å². The third-order valence-electron chi connectivity index (χ3n) is 2.22. The molecule has 1 N–H and O–H groups in total. The van der Waals surface area contributed by atoms with Crippen LogP contribution in [0.3, 0.4) is 0 Å². The molecule has 84 valence electrons. The van der Waals surface area contributed by atoms with Gasteiger partial charge in [0.25, 0.3) is 0 Å². The lowest BCUT2D eigenvalue weighted by atomic mass is 10.3. The van der Waals surface area contributed by atoms with Crippen LogP contribution in [0.15, 0.2) is 12.3 Å². The van der Waals surface area contributed by atoms with Gasteiger partial charge >= 0.3 is 0 Å². The second kappa shape index (κ2) is 6.35. The highest BCUT2D eigenvalue weighted by atomic mass is 16.3. The average Bonchev–Trinajstić information content (AvgIpc) is 2.24. The number of rotatable bonds is 6. The van der Waals surface area contributed by atoms with Crippen molar-refractivity contribution in [2.24, 2.45) is 0 Å². The van der Waals surface area contributed by atoms with Crippen molar-refractivity contribution in [3.63, 3.8) is 0 Å². The molecule has 0 fully saturated rings. The zero-order valence-electron chi connectivity index (χ0n) is 9.48. The van der Waals surface area contributed by atoms with E-state index in [1.807, 2.05) is 17.9 Å². The van der Waals surface area contributed by atoms with Crippen LogP contribution in [-0.4, -0.2) is 34.8 Å². The minimum absolute atomic E-state index is 0.140. The zero-order valence-corrected chi connectivity index (χ0v) is 9.48. The maximum Gasteiger partial charge on any atom is 0.225 e. The van der Waals surface area contributed by atoms with Gasteiger partial charge in [-0.05, 0) is 19.4 Å².